The van der Waals surface area contributed by atoms with E-state index in [1.165, 1.54) is 6.07 Å². The van der Waals surface area contributed by atoms with Gasteiger partial charge in [-0.05, 0) is 12.1 Å². The van der Waals surface area contributed by atoms with Crippen LogP contribution in [0.1, 0.15) is 12.7 Å². The fourth-order valence-electron chi connectivity index (χ4n) is 2.06. The molecule has 3 nitrogen and oxygen atoms in total. The van der Waals surface area contributed by atoms with Gasteiger partial charge in [-0.1, -0.05) is 6.92 Å². The van der Waals surface area contributed by atoms with Crippen LogP contribution in [0.15, 0.2) is 12.1 Å². The van der Waals surface area contributed by atoms with Crippen molar-refractivity contribution in [2.75, 3.05) is 17.4 Å². The molecule has 0 bridgehead atoms. The minimum absolute atomic E-state index is 0.123. The number of benzene rings is 1. The van der Waals surface area contributed by atoms with E-state index in [2.05, 4.69) is 4.98 Å². The molecule has 1 unspecified atom stereocenters. The number of nitrogens with zero attached hydrogens (tertiary/aromatic N) is 2. The first-order valence-corrected chi connectivity index (χ1v) is 8.34. The second-order valence-corrected chi connectivity index (χ2v) is 6.52. The van der Waals surface area contributed by atoms with Crippen molar-refractivity contribution < 1.29 is 13.0 Å². The molecule has 0 fully saturated rings. The highest BCUT2D eigenvalue weighted by atomic mass is 35.5. The smallest absolute Gasteiger partial charge is 0.184 e. The number of aryl methyl sites for hydroxylation is 2. The Balaban J connectivity index is 2.49. The molecule has 1 heterocycles. The fraction of sp³-hybridized carbons (Fsp3) is 0.462. The summed E-state index contributed by atoms with van der Waals surface area (Å²) in [5.41, 5.74) is 0.518. The van der Waals surface area contributed by atoms with Crippen LogP contribution in [0.4, 0.5) is 8.78 Å². The van der Waals surface area contributed by atoms with E-state index in [4.69, 9.17) is 11.6 Å². The Bertz CT molecular complexity index is 645. The van der Waals surface area contributed by atoms with E-state index >= 15 is 0 Å². The van der Waals surface area contributed by atoms with Gasteiger partial charge in [0.25, 0.3) is 0 Å². The first-order chi connectivity index (χ1) is 9.58. The molecule has 0 aliphatic heterocycles. The molecule has 1 aromatic heterocycles. The summed E-state index contributed by atoms with van der Waals surface area (Å²) in [6.45, 7) is 2.16. The number of aromatic nitrogens is 2. The second-order valence-electron chi connectivity index (χ2n) is 4.28. The molecule has 0 spiro atoms. The molecular weight excluding hydrogens is 306 g/mol. The number of imidazole rings is 1. The van der Waals surface area contributed by atoms with Crippen molar-refractivity contribution in [3.63, 3.8) is 0 Å². The van der Waals surface area contributed by atoms with E-state index in [-0.39, 0.29) is 5.52 Å². The molecule has 0 aliphatic rings. The summed E-state index contributed by atoms with van der Waals surface area (Å²) >= 11 is 5.72. The van der Waals surface area contributed by atoms with Gasteiger partial charge in [0.1, 0.15) is 11.3 Å². The average Bonchev–Trinajstić information content (AvgIpc) is 2.79. The van der Waals surface area contributed by atoms with Gasteiger partial charge in [-0.25, -0.2) is 13.8 Å². The van der Waals surface area contributed by atoms with E-state index in [0.717, 1.165) is 6.07 Å². The van der Waals surface area contributed by atoms with Crippen molar-refractivity contribution >= 4 is 33.4 Å². The van der Waals surface area contributed by atoms with Crippen LogP contribution in [0.25, 0.3) is 11.0 Å². The van der Waals surface area contributed by atoms with Gasteiger partial charge in [-0.3, -0.25) is 4.21 Å². The predicted octanol–water partition coefficient (Wildman–Crippen LogP) is 2.86. The van der Waals surface area contributed by atoms with Crippen molar-refractivity contribution in [1.29, 1.82) is 0 Å². The van der Waals surface area contributed by atoms with Gasteiger partial charge >= 0.3 is 0 Å². The first kappa shape index (κ1) is 15.4. The maximum Gasteiger partial charge on any atom is 0.184 e. The van der Waals surface area contributed by atoms with E-state index in [1.807, 2.05) is 6.92 Å². The molecule has 1 atom stereocenters. The lowest BCUT2D eigenvalue weighted by molar-refractivity contribution is 0.511. The lowest BCUT2D eigenvalue weighted by atomic mass is 10.3. The highest BCUT2D eigenvalue weighted by Gasteiger charge is 2.17. The van der Waals surface area contributed by atoms with Gasteiger partial charge < -0.3 is 4.57 Å². The Kier molecular flexibility index (Phi) is 5.10. The van der Waals surface area contributed by atoms with Gasteiger partial charge in [0.15, 0.2) is 11.6 Å². The molecule has 2 rings (SSSR count). The predicted molar refractivity (Wildman–Crippen MR) is 77.6 cm³/mol. The molecular formula is C13H15ClF2N2OS. The summed E-state index contributed by atoms with van der Waals surface area (Å²) in [5.74, 6) is 0.0182. The van der Waals surface area contributed by atoms with E-state index in [9.17, 15) is 13.0 Å². The standard InChI is InChI=1S/C13H15ClF2N2OS/c1-2-20(19)8-7-18-11(5-6-14)17-10-4-3-9(15)12(16)13(10)18/h3-4H,2,5-8H2,1H3. The number of halogens is 3. The lowest BCUT2D eigenvalue weighted by Crippen LogP contribution is -2.12. The summed E-state index contributed by atoms with van der Waals surface area (Å²) in [4.78, 5) is 4.28. The van der Waals surface area contributed by atoms with Gasteiger partial charge in [0.05, 0.1) is 5.52 Å². The van der Waals surface area contributed by atoms with Gasteiger partial charge in [0, 0.05) is 41.2 Å². The number of hydrogen-bond acceptors (Lipinski definition) is 2. The average molecular weight is 321 g/mol. The van der Waals surface area contributed by atoms with Crippen LogP contribution in [0.2, 0.25) is 0 Å². The molecule has 7 heteroatoms. The summed E-state index contributed by atoms with van der Waals surface area (Å²) in [6.07, 6.45) is 0.454. The Morgan fingerprint density at radius 3 is 2.80 bits per heavy atom. The molecule has 0 radical (unpaired) electrons. The topological polar surface area (TPSA) is 34.9 Å². The van der Waals surface area contributed by atoms with Crippen molar-refractivity contribution in [2.45, 2.75) is 19.9 Å². The first-order valence-electron chi connectivity index (χ1n) is 6.32. The molecule has 0 N–H and O–H groups in total. The third-order valence-corrected chi connectivity index (χ3v) is 4.53. The lowest BCUT2D eigenvalue weighted by Gasteiger charge is -2.08. The van der Waals surface area contributed by atoms with E-state index in [1.54, 1.807) is 4.57 Å². The minimum Gasteiger partial charge on any atom is -0.325 e. The molecule has 0 aliphatic carbocycles. The van der Waals surface area contributed by atoms with Crippen LogP contribution in [-0.4, -0.2) is 31.1 Å². The van der Waals surface area contributed by atoms with Gasteiger partial charge in [-0.15, -0.1) is 11.6 Å². The maximum absolute atomic E-state index is 14.0. The fourth-order valence-corrected chi connectivity index (χ4v) is 2.90. The third kappa shape index (κ3) is 3.01. The molecule has 1 aromatic carbocycles. The summed E-state index contributed by atoms with van der Waals surface area (Å²) in [7, 11) is -0.976. The molecule has 110 valence electrons. The molecule has 0 amide bonds. The third-order valence-electron chi connectivity index (χ3n) is 3.06. The van der Waals surface area contributed by atoms with Crippen LogP contribution < -0.4 is 0 Å². The van der Waals surface area contributed by atoms with E-state index < -0.39 is 22.4 Å². The quantitative estimate of drug-likeness (QED) is 0.767. The summed E-state index contributed by atoms with van der Waals surface area (Å²) < 4.78 is 40.5. The summed E-state index contributed by atoms with van der Waals surface area (Å²) in [5, 5.41) is 0. The Hall–Kier alpha value is -1.01. The van der Waals surface area contributed by atoms with Crippen LogP contribution in [0.3, 0.4) is 0 Å². The Morgan fingerprint density at radius 1 is 1.40 bits per heavy atom. The van der Waals surface area contributed by atoms with Crippen LogP contribution in [-0.2, 0) is 23.8 Å². The van der Waals surface area contributed by atoms with Gasteiger partial charge in [0.2, 0.25) is 0 Å². The van der Waals surface area contributed by atoms with Crippen LogP contribution in [0.5, 0.6) is 0 Å². The van der Waals surface area contributed by atoms with Crippen molar-refractivity contribution in [3.05, 3.63) is 29.6 Å². The second kappa shape index (κ2) is 6.63. The molecule has 2 aromatic rings. The highest BCUT2D eigenvalue weighted by Crippen LogP contribution is 2.22. The Morgan fingerprint density at radius 2 is 2.15 bits per heavy atom. The highest BCUT2D eigenvalue weighted by molar-refractivity contribution is 7.84. The van der Waals surface area contributed by atoms with Crippen LogP contribution in [0, 0.1) is 11.6 Å². The Labute approximate surface area is 123 Å². The zero-order chi connectivity index (χ0) is 14.7. The number of hydrogen-bond donors (Lipinski definition) is 0. The maximum atomic E-state index is 14.0. The monoisotopic (exact) mass is 320 g/mol. The number of alkyl halides is 1. The summed E-state index contributed by atoms with van der Waals surface area (Å²) in [6, 6.07) is 2.50. The molecule has 0 saturated carbocycles. The van der Waals surface area contributed by atoms with E-state index in [0.29, 0.717) is 41.7 Å². The van der Waals surface area contributed by atoms with Crippen molar-refractivity contribution in [1.82, 2.24) is 9.55 Å². The molecule has 20 heavy (non-hydrogen) atoms. The zero-order valence-electron chi connectivity index (χ0n) is 11.0. The largest absolute Gasteiger partial charge is 0.325 e. The molecule has 0 saturated heterocycles. The SMILES string of the molecule is CCS(=O)CCn1c(CCCl)nc2ccc(F)c(F)c21. The van der Waals surface area contributed by atoms with Gasteiger partial charge in [-0.2, -0.15) is 0 Å². The van der Waals surface area contributed by atoms with Crippen molar-refractivity contribution in [3.8, 4) is 0 Å². The number of fused-ring (bicyclic) bond motifs is 1. The van der Waals surface area contributed by atoms with Crippen LogP contribution >= 0.6 is 11.6 Å². The zero-order valence-corrected chi connectivity index (χ0v) is 12.6. The van der Waals surface area contributed by atoms with Crippen molar-refractivity contribution in [2.24, 2.45) is 0 Å². The minimum atomic E-state index is -0.976. The number of rotatable bonds is 6. The normalized spacial score (nSPS) is 13.0.